The van der Waals surface area contributed by atoms with Crippen molar-refractivity contribution in [2.75, 3.05) is 20.3 Å². The van der Waals surface area contributed by atoms with E-state index in [0.29, 0.717) is 19.4 Å². The summed E-state index contributed by atoms with van der Waals surface area (Å²) in [6.45, 7) is 4.20. The van der Waals surface area contributed by atoms with E-state index in [-0.39, 0.29) is 31.7 Å². The fourth-order valence-corrected chi connectivity index (χ4v) is 1.30. The van der Waals surface area contributed by atoms with Crippen LogP contribution in [0.1, 0.15) is 40.5 Å². The molecule has 0 saturated heterocycles. The standard InChI is InChI=1S/C11H20O4.CH4/c1-4-10(9(2)12)5-6-11(13)15-8-7-14-3;/h10H,4-8H2,1-3H3;1H4/t10-;/m1./s1. The zero-order valence-corrected chi connectivity index (χ0v) is 9.75. The number of carbonyl (C=O) groups excluding carboxylic acids is 2. The Bertz CT molecular complexity index is 201. The number of esters is 1. The number of rotatable bonds is 8. The Kier molecular flexibility index (Phi) is 11.6. The molecule has 0 saturated carbocycles. The highest BCUT2D eigenvalue weighted by molar-refractivity contribution is 5.79. The van der Waals surface area contributed by atoms with Gasteiger partial charge in [0.2, 0.25) is 0 Å². The summed E-state index contributed by atoms with van der Waals surface area (Å²) in [6, 6.07) is 0. The quantitative estimate of drug-likeness (QED) is 0.475. The fourth-order valence-electron chi connectivity index (χ4n) is 1.30. The highest BCUT2D eigenvalue weighted by Crippen LogP contribution is 2.12. The van der Waals surface area contributed by atoms with Gasteiger partial charge >= 0.3 is 5.97 Å². The third-order valence-corrected chi connectivity index (χ3v) is 2.32. The number of ketones is 1. The minimum Gasteiger partial charge on any atom is -0.463 e. The lowest BCUT2D eigenvalue weighted by Crippen LogP contribution is -2.14. The normalized spacial score (nSPS) is 11.4. The molecule has 1 atom stereocenters. The van der Waals surface area contributed by atoms with Crippen molar-refractivity contribution in [2.24, 2.45) is 5.92 Å². The van der Waals surface area contributed by atoms with Crippen molar-refractivity contribution < 1.29 is 19.1 Å². The largest absolute Gasteiger partial charge is 0.463 e. The van der Waals surface area contributed by atoms with E-state index in [4.69, 9.17) is 9.47 Å². The summed E-state index contributed by atoms with van der Waals surface area (Å²) in [6.07, 6.45) is 1.67. The summed E-state index contributed by atoms with van der Waals surface area (Å²) >= 11 is 0. The SMILES string of the molecule is C.CC[C@H](CCC(=O)OCCOC)C(C)=O. The van der Waals surface area contributed by atoms with Crippen LogP contribution in [0.4, 0.5) is 0 Å². The summed E-state index contributed by atoms with van der Waals surface area (Å²) < 4.78 is 9.63. The molecular weight excluding hydrogens is 208 g/mol. The van der Waals surface area contributed by atoms with Crippen LogP contribution >= 0.6 is 0 Å². The van der Waals surface area contributed by atoms with Crippen LogP contribution < -0.4 is 0 Å². The molecule has 0 radical (unpaired) electrons. The molecule has 0 unspecified atom stereocenters. The lowest BCUT2D eigenvalue weighted by Gasteiger charge is -2.10. The first kappa shape index (κ1) is 17.5. The molecule has 0 bridgehead atoms. The first-order chi connectivity index (χ1) is 7.11. The molecule has 0 aromatic rings. The van der Waals surface area contributed by atoms with Crippen LogP contribution in [-0.2, 0) is 19.1 Å². The summed E-state index contributed by atoms with van der Waals surface area (Å²) in [5, 5.41) is 0. The van der Waals surface area contributed by atoms with Gasteiger partial charge in [0.15, 0.2) is 0 Å². The highest BCUT2D eigenvalue weighted by atomic mass is 16.6. The number of carbonyl (C=O) groups is 2. The zero-order valence-electron chi connectivity index (χ0n) is 9.75. The minimum atomic E-state index is -0.258. The first-order valence-corrected chi connectivity index (χ1v) is 5.26. The molecule has 0 aliphatic rings. The van der Waals surface area contributed by atoms with E-state index in [2.05, 4.69) is 0 Å². The molecule has 16 heavy (non-hydrogen) atoms. The molecule has 0 aliphatic carbocycles. The monoisotopic (exact) mass is 232 g/mol. The van der Waals surface area contributed by atoms with Gasteiger partial charge in [0.05, 0.1) is 6.61 Å². The van der Waals surface area contributed by atoms with Crippen LogP contribution in [0.2, 0.25) is 0 Å². The lowest BCUT2D eigenvalue weighted by molar-refractivity contribution is -0.145. The van der Waals surface area contributed by atoms with Crippen molar-refractivity contribution >= 4 is 11.8 Å². The van der Waals surface area contributed by atoms with Gasteiger partial charge < -0.3 is 9.47 Å². The van der Waals surface area contributed by atoms with Crippen LogP contribution in [0.5, 0.6) is 0 Å². The van der Waals surface area contributed by atoms with Gasteiger partial charge in [0.1, 0.15) is 12.4 Å². The molecule has 0 aliphatic heterocycles. The van der Waals surface area contributed by atoms with E-state index >= 15 is 0 Å². The molecule has 0 amide bonds. The number of hydrogen-bond acceptors (Lipinski definition) is 4. The third kappa shape index (κ3) is 8.41. The molecule has 4 heteroatoms. The van der Waals surface area contributed by atoms with E-state index in [0.717, 1.165) is 6.42 Å². The molecule has 0 spiro atoms. The maximum absolute atomic E-state index is 11.2. The Balaban J connectivity index is 0. The Morgan fingerprint density at radius 3 is 2.31 bits per heavy atom. The van der Waals surface area contributed by atoms with Gasteiger partial charge in [-0.1, -0.05) is 14.4 Å². The minimum absolute atomic E-state index is 0. The predicted octanol–water partition coefficient (Wildman–Crippen LogP) is 2.21. The molecule has 4 nitrogen and oxygen atoms in total. The van der Waals surface area contributed by atoms with Crippen LogP contribution in [0.15, 0.2) is 0 Å². The number of hydrogen-bond donors (Lipinski definition) is 0. The lowest BCUT2D eigenvalue weighted by atomic mass is 9.96. The Hall–Kier alpha value is -0.900. The Morgan fingerprint density at radius 1 is 1.25 bits per heavy atom. The fraction of sp³-hybridized carbons (Fsp3) is 0.833. The molecule has 0 fully saturated rings. The molecule has 0 aromatic carbocycles. The van der Waals surface area contributed by atoms with E-state index in [9.17, 15) is 9.59 Å². The predicted molar refractivity (Wildman–Crippen MR) is 63.3 cm³/mol. The van der Waals surface area contributed by atoms with Gasteiger partial charge in [-0.3, -0.25) is 9.59 Å². The average Bonchev–Trinajstić information content (AvgIpc) is 2.18. The van der Waals surface area contributed by atoms with Gasteiger partial charge in [0, 0.05) is 19.4 Å². The summed E-state index contributed by atoms with van der Waals surface area (Å²) in [5.41, 5.74) is 0. The maximum Gasteiger partial charge on any atom is 0.305 e. The van der Waals surface area contributed by atoms with Gasteiger partial charge in [-0.2, -0.15) is 0 Å². The second kappa shape index (κ2) is 10.6. The van der Waals surface area contributed by atoms with Crippen molar-refractivity contribution in [3.8, 4) is 0 Å². The van der Waals surface area contributed by atoms with E-state index < -0.39 is 0 Å². The van der Waals surface area contributed by atoms with Crippen LogP contribution in [0.3, 0.4) is 0 Å². The summed E-state index contributed by atoms with van der Waals surface area (Å²) in [5.74, 6) is -0.131. The molecule has 96 valence electrons. The summed E-state index contributed by atoms with van der Waals surface area (Å²) in [7, 11) is 1.55. The van der Waals surface area contributed by atoms with E-state index in [1.165, 1.54) is 0 Å². The highest BCUT2D eigenvalue weighted by Gasteiger charge is 2.14. The van der Waals surface area contributed by atoms with Gasteiger partial charge in [-0.25, -0.2) is 0 Å². The molecule has 0 rings (SSSR count). The molecule has 0 heterocycles. The molecular formula is C12H24O4. The topological polar surface area (TPSA) is 52.6 Å². The van der Waals surface area contributed by atoms with Crippen molar-refractivity contribution in [3.05, 3.63) is 0 Å². The number of methoxy groups -OCH3 is 1. The van der Waals surface area contributed by atoms with Gasteiger partial charge in [0.25, 0.3) is 0 Å². The summed E-state index contributed by atoms with van der Waals surface area (Å²) in [4.78, 5) is 22.2. The van der Waals surface area contributed by atoms with E-state index in [1.54, 1.807) is 14.0 Å². The van der Waals surface area contributed by atoms with E-state index in [1.807, 2.05) is 6.92 Å². The van der Waals surface area contributed by atoms with Gasteiger partial charge in [-0.15, -0.1) is 0 Å². The van der Waals surface area contributed by atoms with Gasteiger partial charge in [-0.05, 0) is 19.8 Å². The Morgan fingerprint density at radius 2 is 1.88 bits per heavy atom. The Labute approximate surface area is 98.3 Å². The second-order valence-corrected chi connectivity index (χ2v) is 3.47. The van der Waals surface area contributed by atoms with Crippen molar-refractivity contribution in [2.45, 2.75) is 40.5 Å². The third-order valence-electron chi connectivity index (χ3n) is 2.32. The number of Topliss-reactive ketones (excluding diaryl/α,β-unsaturated/α-hetero) is 1. The van der Waals surface area contributed by atoms with Crippen molar-refractivity contribution in [1.82, 2.24) is 0 Å². The molecule has 0 N–H and O–H groups in total. The first-order valence-electron chi connectivity index (χ1n) is 5.26. The smallest absolute Gasteiger partial charge is 0.305 e. The van der Waals surface area contributed by atoms with Crippen molar-refractivity contribution in [1.29, 1.82) is 0 Å². The average molecular weight is 232 g/mol. The van der Waals surface area contributed by atoms with Crippen LogP contribution in [0, 0.1) is 5.92 Å². The van der Waals surface area contributed by atoms with Crippen LogP contribution in [-0.4, -0.2) is 32.1 Å². The van der Waals surface area contributed by atoms with Crippen molar-refractivity contribution in [3.63, 3.8) is 0 Å². The molecule has 0 aromatic heterocycles. The zero-order chi connectivity index (χ0) is 11.7. The maximum atomic E-state index is 11.2. The van der Waals surface area contributed by atoms with Crippen LogP contribution in [0.25, 0.3) is 0 Å². The second-order valence-electron chi connectivity index (χ2n) is 3.47. The number of ether oxygens (including phenoxy) is 2.